The second-order valence-corrected chi connectivity index (χ2v) is 6.75. The molecule has 0 saturated carbocycles. The fraction of sp³-hybridized carbons (Fsp3) is 0.333. The summed E-state index contributed by atoms with van der Waals surface area (Å²) in [5, 5.41) is 2.86. The van der Waals surface area contributed by atoms with Crippen LogP contribution in [0.3, 0.4) is 0 Å². The molecule has 0 fully saturated rings. The second kappa shape index (κ2) is 8.04. The van der Waals surface area contributed by atoms with Gasteiger partial charge in [0.1, 0.15) is 0 Å². The maximum absolute atomic E-state index is 12.4. The Balaban J connectivity index is 2.03. The summed E-state index contributed by atoms with van der Waals surface area (Å²) in [6.07, 6.45) is -0.892. The zero-order valence-corrected chi connectivity index (χ0v) is 16.2. The Morgan fingerprint density at radius 3 is 2.04 bits per heavy atom. The number of ether oxygens (including phenoxy) is 1. The van der Waals surface area contributed by atoms with E-state index in [-0.39, 0.29) is 5.91 Å². The number of nitrogens with one attached hydrogen (secondary N) is 1. The third-order valence-corrected chi connectivity index (χ3v) is 4.20. The number of esters is 1. The van der Waals surface area contributed by atoms with Gasteiger partial charge < -0.3 is 15.0 Å². The molecule has 5 heteroatoms. The number of carbonyl (C=O) groups excluding carboxylic acids is 2. The monoisotopic (exact) mass is 354 g/mol. The van der Waals surface area contributed by atoms with Crippen LogP contribution in [0, 0.1) is 20.8 Å². The first-order valence-corrected chi connectivity index (χ1v) is 8.56. The van der Waals surface area contributed by atoms with Crippen molar-refractivity contribution in [1.82, 2.24) is 0 Å². The fourth-order valence-corrected chi connectivity index (χ4v) is 2.78. The molecule has 0 bridgehead atoms. The number of rotatable bonds is 5. The highest BCUT2D eigenvalue weighted by Crippen LogP contribution is 2.22. The maximum Gasteiger partial charge on any atom is 0.338 e. The lowest BCUT2D eigenvalue weighted by Crippen LogP contribution is -2.30. The van der Waals surface area contributed by atoms with Crippen LogP contribution in [0.4, 0.5) is 11.4 Å². The number of nitrogens with zero attached hydrogens (tertiary/aromatic N) is 1. The van der Waals surface area contributed by atoms with Crippen molar-refractivity contribution in [2.24, 2.45) is 0 Å². The molecule has 0 aliphatic heterocycles. The van der Waals surface area contributed by atoms with Crippen molar-refractivity contribution < 1.29 is 14.3 Å². The summed E-state index contributed by atoms with van der Waals surface area (Å²) in [4.78, 5) is 26.6. The third-order valence-electron chi connectivity index (χ3n) is 4.20. The summed E-state index contributed by atoms with van der Waals surface area (Å²) >= 11 is 0. The molecule has 0 aliphatic rings. The molecule has 26 heavy (non-hydrogen) atoms. The molecule has 2 aromatic rings. The van der Waals surface area contributed by atoms with Crippen molar-refractivity contribution in [3.8, 4) is 0 Å². The van der Waals surface area contributed by atoms with Crippen molar-refractivity contribution in [3.05, 3.63) is 58.7 Å². The van der Waals surface area contributed by atoms with E-state index in [0.29, 0.717) is 5.56 Å². The van der Waals surface area contributed by atoms with Crippen molar-refractivity contribution >= 4 is 23.3 Å². The van der Waals surface area contributed by atoms with Gasteiger partial charge in [0.05, 0.1) is 5.56 Å². The molecule has 0 spiro atoms. The van der Waals surface area contributed by atoms with Gasteiger partial charge in [0, 0.05) is 25.5 Å². The van der Waals surface area contributed by atoms with Crippen LogP contribution in [0.5, 0.6) is 0 Å². The lowest BCUT2D eigenvalue weighted by atomic mass is 10.0. The summed E-state index contributed by atoms with van der Waals surface area (Å²) in [7, 11) is 3.85. The molecule has 1 amide bonds. The predicted octanol–water partition coefficient (Wildman–Crippen LogP) is 3.86. The number of hydrogen-bond acceptors (Lipinski definition) is 4. The van der Waals surface area contributed by atoms with E-state index in [1.807, 2.05) is 64.0 Å². The van der Waals surface area contributed by atoms with Gasteiger partial charge in [-0.3, -0.25) is 4.79 Å². The first-order chi connectivity index (χ1) is 12.2. The van der Waals surface area contributed by atoms with E-state index in [2.05, 4.69) is 5.32 Å². The van der Waals surface area contributed by atoms with Crippen molar-refractivity contribution in [2.45, 2.75) is 33.8 Å². The fourth-order valence-electron chi connectivity index (χ4n) is 2.78. The number of carbonyl (C=O) groups is 2. The Bertz CT molecular complexity index is 788. The van der Waals surface area contributed by atoms with Gasteiger partial charge in [0.25, 0.3) is 5.91 Å². The highest BCUT2D eigenvalue weighted by atomic mass is 16.5. The van der Waals surface area contributed by atoms with E-state index in [4.69, 9.17) is 4.74 Å². The van der Waals surface area contributed by atoms with Crippen LogP contribution in [0.2, 0.25) is 0 Å². The molecule has 1 atom stereocenters. The Labute approximate surface area is 155 Å². The van der Waals surface area contributed by atoms with Gasteiger partial charge in [-0.25, -0.2) is 4.79 Å². The minimum Gasteiger partial charge on any atom is -0.449 e. The number of benzene rings is 2. The highest BCUT2D eigenvalue weighted by molar-refractivity contribution is 5.98. The van der Waals surface area contributed by atoms with E-state index in [9.17, 15) is 9.59 Å². The summed E-state index contributed by atoms with van der Waals surface area (Å²) < 4.78 is 5.31. The summed E-state index contributed by atoms with van der Waals surface area (Å²) in [6, 6.07) is 11.1. The number of anilines is 2. The molecule has 2 aromatic carbocycles. The SMILES string of the molecule is Cc1cc(C)c(NC(=O)[C@@H](C)OC(=O)c2ccc(N(C)C)cc2)c(C)c1. The molecular formula is C21H26N2O3. The zero-order valence-electron chi connectivity index (χ0n) is 16.2. The highest BCUT2D eigenvalue weighted by Gasteiger charge is 2.20. The van der Waals surface area contributed by atoms with E-state index >= 15 is 0 Å². The average molecular weight is 354 g/mol. The molecule has 5 nitrogen and oxygen atoms in total. The number of amides is 1. The predicted molar refractivity (Wildman–Crippen MR) is 105 cm³/mol. The van der Waals surface area contributed by atoms with Crippen molar-refractivity contribution in [1.29, 1.82) is 0 Å². The molecule has 1 N–H and O–H groups in total. The van der Waals surface area contributed by atoms with Gasteiger partial charge in [-0.15, -0.1) is 0 Å². The first-order valence-electron chi connectivity index (χ1n) is 8.56. The molecular weight excluding hydrogens is 328 g/mol. The minimum atomic E-state index is -0.892. The van der Waals surface area contributed by atoms with Crippen LogP contribution in [-0.4, -0.2) is 32.1 Å². The lowest BCUT2D eigenvalue weighted by Gasteiger charge is -2.17. The topological polar surface area (TPSA) is 58.6 Å². The zero-order chi connectivity index (χ0) is 19.4. The third kappa shape index (κ3) is 4.63. The molecule has 0 radical (unpaired) electrons. The van der Waals surface area contributed by atoms with E-state index < -0.39 is 12.1 Å². The summed E-state index contributed by atoms with van der Waals surface area (Å²) in [5.41, 5.74) is 5.26. The largest absolute Gasteiger partial charge is 0.449 e. The van der Waals surface area contributed by atoms with Crippen molar-refractivity contribution in [2.75, 3.05) is 24.3 Å². The summed E-state index contributed by atoms with van der Waals surface area (Å²) in [6.45, 7) is 7.47. The molecule has 0 aliphatic carbocycles. The van der Waals surface area contributed by atoms with Crippen LogP contribution in [0.25, 0.3) is 0 Å². The smallest absolute Gasteiger partial charge is 0.338 e. The molecule has 138 valence electrons. The lowest BCUT2D eigenvalue weighted by molar-refractivity contribution is -0.123. The van der Waals surface area contributed by atoms with Gasteiger partial charge in [0.2, 0.25) is 0 Å². The quantitative estimate of drug-likeness (QED) is 0.828. The Morgan fingerprint density at radius 2 is 1.54 bits per heavy atom. The molecule has 0 aromatic heterocycles. The Kier molecular flexibility index (Phi) is 6.03. The van der Waals surface area contributed by atoms with Crippen LogP contribution in [0.1, 0.15) is 34.0 Å². The van der Waals surface area contributed by atoms with Crippen molar-refractivity contribution in [3.63, 3.8) is 0 Å². The van der Waals surface area contributed by atoms with Gasteiger partial charge in [0.15, 0.2) is 6.10 Å². The van der Waals surface area contributed by atoms with Gasteiger partial charge >= 0.3 is 5.97 Å². The molecule has 0 saturated heterocycles. The standard InChI is InChI=1S/C21H26N2O3/c1-13-11-14(2)19(15(3)12-13)22-20(24)16(4)26-21(25)17-7-9-18(10-8-17)23(5)6/h7-12,16H,1-6H3,(H,22,24)/t16-/m1/s1. The van der Waals surface area contributed by atoms with Crippen LogP contribution in [-0.2, 0) is 9.53 Å². The van der Waals surface area contributed by atoms with Crippen LogP contribution in [0.15, 0.2) is 36.4 Å². The van der Waals surface area contributed by atoms with Gasteiger partial charge in [-0.2, -0.15) is 0 Å². The summed E-state index contributed by atoms with van der Waals surface area (Å²) in [5.74, 6) is -0.867. The van der Waals surface area contributed by atoms with Crippen LogP contribution >= 0.6 is 0 Å². The van der Waals surface area contributed by atoms with E-state index in [1.54, 1.807) is 19.1 Å². The van der Waals surface area contributed by atoms with E-state index in [0.717, 1.165) is 28.1 Å². The molecule has 0 unspecified atom stereocenters. The van der Waals surface area contributed by atoms with E-state index in [1.165, 1.54) is 0 Å². The number of aryl methyl sites for hydroxylation is 3. The number of hydrogen-bond donors (Lipinski definition) is 1. The Morgan fingerprint density at radius 1 is 1.00 bits per heavy atom. The maximum atomic E-state index is 12.4. The van der Waals surface area contributed by atoms with Crippen LogP contribution < -0.4 is 10.2 Å². The molecule has 0 heterocycles. The molecule has 2 rings (SSSR count). The Hall–Kier alpha value is -2.82. The van der Waals surface area contributed by atoms with Gasteiger partial charge in [-0.05, 0) is 63.1 Å². The second-order valence-electron chi connectivity index (χ2n) is 6.75. The van der Waals surface area contributed by atoms with Gasteiger partial charge in [-0.1, -0.05) is 17.7 Å². The minimum absolute atomic E-state index is 0.349. The normalized spacial score (nSPS) is 11.6. The first kappa shape index (κ1) is 19.5. The average Bonchev–Trinajstić information content (AvgIpc) is 2.57.